The van der Waals surface area contributed by atoms with Crippen molar-refractivity contribution in [3.63, 3.8) is 0 Å². The van der Waals surface area contributed by atoms with Crippen LogP contribution in [-0.4, -0.2) is 16.7 Å². The van der Waals surface area contributed by atoms with E-state index in [1.807, 2.05) is 32.9 Å². The zero-order valence-electron chi connectivity index (χ0n) is 12.4. The third-order valence-corrected chi connectivity index (χ3v) is 3.00. The molecule has 0 amide bonds. The van der Waals surface area contributed by atoms with Crippen LogP contribution in [0.3, 0.4) is 0 Å². The Morgan fingerprint density at radius 1 is 1.30 bits per heavy atom. The topological polar surface area (TPSA) is 74.2 Å². The van der Waals surface area contributed by atoms with Crippen molar-refractivity contribution in [2.45, 2.75) is 40.2 Å². The summed E-state index contributed by atoms with van der Waals surface area (Å²) in [7, 11) is 0. The van der Waals surface area contributed by atoms with Crippen LogP contribution in [0.25, 0.3) is 11.4 Å². The van der Waals surface area contributed by atoms with E-state index in [2.05, 4.69) is 17.1 Å². The van der Waals surface area contributed by atoms with Crippen LogP contribution in [0, 0.1) is 13.8 Å². The number of aromatic nitrogens is 2. The molecule has 5 nitrogen and oxygen atoms in total. The molecule has 0 fully saturated rings. The first-order chi connectivity index (χ1) is 9.52. The van der Waals surface area contributed by atoms with Gasteiger partial charge >= 0.3 is 0 Å². The molecule has 0 unspecified atom stereocenters. The molecule has 0 spiro atoms. The van der Waals surface area contributed by atoms with Gasteiger partial charge in [0.25, 0.3) is 0 Å². The number of ether oxygens (including phenoxy) is 1. The highest BCUT2D eigenvalue weighted by Crippen LogP contribution is 2.29. The Kier molecular flexibility index (Phi) is 4.39. The van der Waals surface area contributed by atoms with Gasteiger partial charge in [-0.05, 0) is 50.5 Å². The SMILES string of the molecule is CCCOc1c(C)cc(-c2noc([C@H](C)N)n2)cc1C. The Hall–Kier alpha value is -1.88. The molecule has 5 heteroatoms. The monoisotopic (exact) mass is 275 g/mol. The number of hydrogen-bond donors (Lipinski definition) is 1. The fraction of sp³-hybridized carbons (Fsp3) is 0.467. The van der Waals surface area contributed by atoms with Crippen LogP contribution in [0.1, 0.15) is 43.3 Å². The van der Waals surface area contributed by atoms with E-state index in [-0.39, 0.29) is 6.04 Å². The van der Waals surface area contributed by atoms with E-state index in [1.54, 1.807) is 0 Å². The molecule has 0 aliphatic rings. The highest BCUT2D eigenvalue weighted by atomic mass is 16.5. The Balaban J connectivity index is 2.33. The summed E-state index contributed by atoms with van der Waals surface area (Å²) < 4.78 is 10.9. The van der Waals surface area contributed by atoms with Gasteiger partial charge in [-0.1, -0.05) is 12.1 Å². The lowest BCUT2D eigenvalue weighted by molar-refractivity contribution is 0.313. The summed E-state index contributed by atoms with van der Waals surface area (Å²) >= 11 is 0. The maximum absolute atomic E-state index is 5.77. The number of rotatable bonds is 5. The van der Waals surface area contributed by atoms with Crippen molar-refractivity contribution in [2.24, 2.45) is 5.73 Å². The first kappa shape index (κ1) is 14.5. The quantitative estimate of drug-likeness (QED) is 0.907. The van der Waals surface area contributed by atoms with Gasteiger partial charge in [0.05, 0.1) is 12.6 Å². The molecule has 0 aliphatic heterocycles. The predicted octanol–water partition coefficient (Wildman–Crippen LogP) is 3.16. The smallest absolute Gasteiger partial charge is 0.243 e. The normalized spacial score (nSPS) is 12.4. The van der Waals surface area contributed by atoms with E-state index in [9.17, 15) is 0 Å². The zero-order valence-corrected chi connectivity index (χ0v) is 12.4. The minimum absolute atomic E-state index is 0.259. The third kappa shape index (κ3) is 2.99. The molecule has 1 heterocycles. The van der Waals surface area contributed by atoms with Crippen LogP contribution in [0.4, 0.5) is 0 Å². The maximum Gasteiger partial charge on any atom is 0.243 e. The van der Waals surface area contributed by atoms with Gasteiger partial charge in [0.2, 0.25) is 11.7 Å². The molecule has 0 saturated heterocycles. The lowest BCUT2D eigenvalue weighted by Crippen LogP contribution is -2.04. The number of aryl methyl sites for hydroxylation is 2. The highest BCUT2D eigenvalue weighted by molar-refractivity contribution is 5.61. The van der Waals surface area contributed by atoms with Gasteiger partial charge in [-0.2, -0.15) is 4.98 Å². The van der Waals surface area contributed by atoms with Crippen molar-refractivity contribution in [1.82, 2.24) is 10.1 Å². The Morgan fingerprint density at radius 3 is 2.45 bits per heavy atom. The standard InChI is InChI=1S/C15H21N3O2/c1-5-6-19-13-9(2)7-12(8-10(13)3)14-17-15(11(4)16)20-18-14/h7-8,11H,5-6,16H2,1-4H3/t11-/m0/s1. The van der Waals surface area contributed by atoms with Gasteiger partial charge in [0.15, 0.2) is 0 Å². The molecule has 2 N–H and O–H groups in total. The molecule has 0 radical (unpaired) electrons. The van der Waals surface area contributed by atoms with E-state index in [1.165, 1.54) is 0 Å². The molecular weight excluding hydrogens is 254 g/mol. The Labute approximate surface area is 119 Å². The van der Waals surface area contributed by atoms with Crippen LogP contribution in [0.5, 0.6) is 5.75 Å². The first-order valence-electron chi connectivity index (χ1n) is 6.86. The number of hydrogen-bond acceptors (Lipinski definition) is 5. The van der Waals surface area contributed by atoms with Crippen LogP contribution >= 0.6 is 0 Å². The molecule has 1 atom stereocenters. The summed E-state index contributed by atoms with van der Waals surface area (Å²) in [5.41, 5.74) is 8.78. The third-order valence-electron chi connectivity index (χ3n) is 3.00. The lowest BCUT2D eigenvalue weighted by Gasteiger charge is -2.12. The van der Waals surface area contributed by atoms with Crippen molar-refractivity contribution < 1.29 is 9.26 Å². The predicted molar refractivity (Wildman–Crippen MR) is 77.6 cm³/mol. The molecule has 108 valence electrons. The summed E-state index contributed by atoms with van der Waals surface area (Å²) in [5, 5.41) is 3.97. The van der Waals surface area contributed by atoms with E-state index >= 15 is 0 Å². The van der Waals surface area contributed by atoms with Crippen molar-refractivity contribution in [1.29, 1.82) is 0 Å². The zero-order chi connectivity index (χ0) is 14.7. The van der Waals surface area contributed by atoms with Crippen LogP contribution in [0.15, 0.2) is 16.7 Å². The Morgan fingerprint density at radius 2 is 1.95 bits per heavy atom. The van der Waals surface area contributed by atoms with E-state index in [4.69, 9.17) is 15.0 Å². The number of benzene rings is 1. The molecule has 0 bridgehead atoms. The summed E-state index contributed by atoms with van der Waals surface area (Å²) in [6.07, 6.45) is 0.989. The van der Waals surface area contributed by atoms with Gasteiger partial charge in [0, 0.05) is 5.56 Å². The van der Waals surface area contributed by atoms with Gasteiger partial charge in [-0.15, -0.1) is 0 Å². The fourth-order valence-electron chi connectivity index (χ4n) is 2.05. The highest BCUT2D eigenvalue weighted by Gasteiger charge is 2.14. The first-order valence-corrected chi connectivity index (χ1v) is 6.86. The molecule has 2 aromatic rings. The average Bonchev–Trinajstić information content (AvgIpc) is 2.87. The second-order valence-corrected chi connectivity index (χ2v) is 5.03. The van der Waals surface area contributed by atoms with Gasteiger partial charge in [-0.3, -0.25) is 0 Å². The van der Waals surface area contributed by atoms with E-state index in [0.29, 0.717) is 11.7 Å². The van der Waals surface area contributed by atoms with Gasteiger partial charge in [0.1, 0.15) is 5.75 Å². The van der Waals surface area contributed by atoms with Crippen LogP contribution < -0.4 is 10.5 Å². The van der Waals surface area contributed by atoms with Crippen molar-refractivity contribution >= 4 is 0 Å². The largest absolute Gasteiger partial charge is 0.493 e. The van der Waals surface area contributed by atoms with Gasteiger partial charge in [-0.25, -0.2) is 0 Å². The van der Waals surface area contributed by atoms with Crippen molar-refractivity contribution in [2.75, 3.05) is 6.61 Å². The average molecular weight is 275 g/mol. The second kappa shape index (κ2) is 6.05. The van der Waals surface area contributed by atoms with Gasteiger partial charge < -0.3 is 15.0 Å². The minimum atomic E-state index is -0.259. The van der Waals surface area contributed by atoms with E-state index in [0.717, 1.165) is 35.5 Å². The number of nitrogens with two attached hydrogens (primary N) is 1. The molecule has 20 heavy (non-hydrogen) atoms. The fourth-order valence-corrected chi connectivity index (χ4v) is 2.05. The van der Waals surface area contributed by atoms with E-state index < -0.39 is 0 Å². The molecule has 1 aromatic carbocycles. The summed E-state index contributed by atoms with van der Waals surface area (Å²) in [6, 6.07) is 3.76. The molecule has 2 rings (SSSR count). The number of nitrogens with zero attached hydrogens (tertiary/aromatic N) is 2. The summed E-state index contributed by atoms with van der Waals surface area (Å²) in [4.78, 5) is 4.31. The lowest BCUT2D eigenvalue weighted by atomic mass is 10.1. The summed E-state index contributed by atoms with van der Waals surface area (Å²) in [6.45, 7) is 8.67. The van der Waals surface area contributed by atoms with Crippen LogP contribution in [0.2, 0.25) is 0 Å². The second-order valence-electron chi connectivity index (χ2n) is 5.03. The maximum atomic E-state index is 5.77. The molecule has 0 saturated carbocycles. The van der Waals surface area contributed by atoms with Crippen molar-refractivity contribution in [3.05, 3.63) is 29.2 Å². The van der Waals surface area contributed by atoms with Crippen LogP contribution in [-0.2, 0) is 0 Å². The summed E-state index contributed by atoms with van der Waals surface area (Å²) in [5.74, 6) is 1.94. The molecule has 0 aliphatic carbocycles. The van der Waals surface area contributed by atoms with Crippen molar-refractivity contribution in [3.8, 4) is 17.1 Å². The Bertz CT molecular complexity index is 568. The minimum Gasteiger partial charge on any atom is -0.493 e. The molecule has 1 aromatic heterocycles. The molecular formula is C15H21N3O2.